The average molecular weight is 467 g/mol. The first-order valence-corrected chi connectivity index (χ1v) is 11.2. The molecule has 0 fully saturated rings. The van der Waals surface area contributed by atoms with Crippen LogP contribution >= 0.6 is 0 Å². The van der Waals surface area contributed by atoms with E-state index in [1.165, 1.54) is 23.8 Å². The average Bonchev–Trinajstić information content (AvgIpc) is 2.87. The van der Waals surface area contributed by atoms with E-state index in [1.54, 1.807) is 13.2 Å². The molecule has 0 atom stereocenters. The van der Waals surface area contributed by atoms with Gasteiger partial charge in [0.05, 0.1) is 12.7 Å². The third-order valence-electron chi connectivity index (χ3n) is 5.57. The van der Waals surface area contributed by atoms with Crippen LogP contribution in [0.4, 0.5) is 0 Å². The van der Waals surface area contributed by atoms with Crippen LogP contribution < -0.4 is 9.47 Å². The SMILES string of the molecule is COc1ccc(/C=C/C(=O)c2ccc(O)cc2O)cc1COc1ccccc1Cc1ccccc1. The molecule has 0 aliphatic rings. The van der Waals surface area contributed by atoms with Crippen LogP contribution in [0.15, 0.2) is 97.1 Å². The standard InChI is InChI=1S/C30H26O5/c1-34-29-16-12-22(11-15-27(32)26-14-13-25(31)19-28(26)33)18-24(29)20-35-30-10-6-5-9-23(30)17-21-7-3-2-4-8-21/h2-16,18-19,31,33H,17,20H2,1H3/b15-11+. The van der Waals surface area contributed by atoms with Crippen molar-refractivity contribution in [1.82, 2.24) is 0 Å². The van der Waals surface area contributed by atoms with Gasteiger partial charge in [-0.15, -0.1) is 0 Å². The Balaban J connectivity index is 1.50. The second-order valence-electron chi connectivity index (χ2n) is 8.03. The maximum Gasteiger partial charge on any atom is 0.189 e. The summed E-state index contributed by atoms with van der Waals surface area (Å²) in [5, 5.41) is 19.3. The zero-order valence-corrected chi connectivity index (χ0v) is 19.3. The van der Waals surface area contributed by atoms with Gasteiger partial charge in [-0.1, -0.05) is 60.7 Å². The molecule has 4 rings (SSSR count). The number of allylic oxidation sites excluding steroid dienone is 1. The molecule has 5 heteroatoms. The fraction of sp³-hybridized carbons (Fsp3) is 0.100. The zero-order valence-electron chi connectivity index (χ0n) is 19.3. The molecule has 0 amide bonds. The third-order valence-corrected chi connectivity index (χ3v) is 5.57. The Bertz CT molecular complexity index is 1340. The first-order valence-electron chi connectivity index (χ1n) is 11.2. The summed E-state index contributed by atoms with van der Waals surface area (Å²) in [6.45, 7) is 0.295. The number of benzene rings is 4. The van der Waals surface area contributed by atoms with Crippen LogP contribution in [-0.2, 0) is 13.0 Å². The minimum Gasteiger partial charge on any atom is -0.508 e. The Morgan fingerprint density at radius 3 is 2.37 bits per heavy atom. The molecule has 0 heterocycles. The topological polar surface area (TPSA) is 76.0 Å². The molecule has 35 heavy (non-hydrogen) atoms. The molecule has 4 aromatic rings. The van der Waals surface area contributed by atoms with E-state index in [1.807, 2.05) is 54.6 Å². The first kappa shape index (κ1) is 23.6. The lowest BCUT2D eigenvalue weighted by Crippen LogP contribution is -2.02. The molecule has 176 valence electrons. The lowest BCUT2D eigenvalue weighted by Gasteiger charge is -2.14. The number of aromatic hydroxyl groups is 2. The van der Waals surface area contributed by atoms with Crippen LogP contribution in [0.1, 0.15) is 32.6 Å². The van der Waals surface area contributed by atoms with Gasteiger partial charge in [0, 0.05) is 18.1 Å². The highest BCUT2D eigenvalue weighted by molar-refractivity contribution is 6.08. The largest absolute Gasteiger partial charge is 0.508 e. The molecule has 0 aliphatic heterocycles. The van der Waals surface area contributed by atoms with Gasteiger partial charge in [-0.25, -0.2) is 0 Å². The van der Waals surface area contributed by atoms with Gasteiger partial charge < -0.3 is 19.7 Å². The minimum atomic E-state index is -0.369. The summed E-state index contributed by atoms with van der Waals surface area (Å²) >= 11 is 0. The number of para-hydroxylation sites is 1. The van der Waals surface area contributed by atoms with E-state index in [0.29, 0.717) is 12.4 Å². The molecular formula is C30H26O5. The third kappa shape index (κ3) is 6.09. The van der Waals surface area contributed by atoms with Crippen molar-refractivity contribution in [2.75, 3.05) is 7.11 Å². The predicted octanol–water partition coefficient (Wildman–Crippen LogP) is 6.17. The molecule has 0 bridgehead atoms. The van der Waals surface area contributed by atoms with Crippen molar-refractivity contribution in [2.24, 2.45) is 0 Å². The number of rotatable bonds is 9. The van der Waals surface area contributed by atoms with Crippen LogP contribution in [0.25, 0.3) is 6.08 Å². The quantitative estimate of drug-likeness (QED) is 0.228. The van der Waals surface area contributed by atoms with Gasteiger partial charge in [0.25, 0.3) is 0 Å². The normalized spacial score (nSPS) is 10.9. The van der Waals surface area contributed by atoms with Gasteiger partial charge in [-0.2, -0.15) is 0 Å². The van der Waals surface area contributed by atoms with Crippen molar-refractivity contribution in [1.29, 1.82) is 0 Å². The summed E-state index contributed by atoms with van der Waals surface area (Å²) in [6, 6.07) is 27.7. The number of carbonyl (C=O) groups is 1. The molecule has 0 radical (unpaired) electrons. The van der Waals surface area contributed by atoms with Crippen LogP contribution in [0.2, 0.25) is 0 Å². The van der Waals surface area contributed by atoms with Crippen molar-refractivity contribution >= 4 is 11.9 Å². The smallest absolute Gasteiger partial charge is 0.189 e. The summed E-state index contributed by atoms with van der Waals surface area (Å²) in [7, 11) is 1.61. The number of carbonyl (C=O) groups excluding carboxylic acids is 1. The second-order valence-corrected chi connectivity index (χ2v) is 8.03. The number of ketones is 1. The van der Waals surface area contributed by atoms with Crippen molar-refractivity contribution in [3.63, 3.8) is 0 Å². The van der Waals surface area contributed by atoms with E-state index in [0.717, 1.165) is 34.9 Å². The molecule has 0 aromatic heterocycles. The van der Waals surface area contributed by atoms with Gasteiger partial charge in [-0.05, 0) is 53.1 Å². The zero-order chi connectivity index (χ0) is 24.6. The molecule has 0 saturated heterocycles. The number of methoxy groups -OCH3 is 1. The van der Waals surface area contributed by atoms with E-state index < -0.39 is 0 Å². The lowest BCUT2D eigenvalue weighted by atomic mass is 10.0. The van der Waals surface area contributed by atoms with Gasteiger partial charge in [0.1, 0.15) is 29.6 Å². The highest BCUT2D eigenvalue weighted by Gasteiger charge is 2.11. The Hall–Kier alpha value is -4.51. The number of phenolic OH excluding ortho intramolecular Hbond substituents is 2. The van der Waals surface area contributed by atoms with E-state index in [4.69, 9.17) is 9.47 Å². The maximum atomic E-state index is 12.5. The molecule has 5 nitrogen and oxygen atoms in total. The molecular weight excluding hydrogens is 440 g/mol. The number of hydrogen-bond acceptors (Lipinski definition) is 5. The number of phenols is 2. The fourth-order valence-electron chi connectivity index (χ4n) is 3.77. The van der Waals surface area contributed by atoms with Gasteiger partial charge in [0.2, 0.25) is 0 Å². The minimum absolute atomic E-state index is 0.104. The fourth-order valence-corrected chi connectivity index (χ4v) is 3.77. The van der Waals surface area contributed by atoms with E-state index in [9.17, 15) is 15.0 Å². The van der Waals surface area contributed by atoms with Gasteiger partial charge in [-0.3, -0.25) is 4.79 Å². The second kappa shape index (κ2) is 11.1. The van der Waals surface area contributed by atoms with E-state index in [-0.39, 0.29) is 22.8 Å². The highest BCUT2D eigenvalue weighted by Crippen LogP contribution is 2.27. The van der Waals surface area contributed by atoms with E-state index in [2.05, 4.69) is 18.2 Å². The predicted molar refractivity (Wildman–Crippen MR) is 136 cm³/mol. The Morgan fingerprint density at radius 1 is 0.829 bits per heavy atom. The lowest BCUT2D eigenvalue weighted by molar-refractivity contribution is 0.104. The van der Waals surface area contributed by atoms with Crippen LogP contribution in [0, 0.1) is 0 Å². The summed E-state index contributed by atoms with van der Waals surface area (Å²) < 4.78 is 11.7. The molecule has 2 N–H and O–H groups in total. The summed E-state index contributed by atoms with van der Waals surface area (Å²) in [6.07, 6.45) is 3.82. The monoisotopic (exact) mass is 466 g/mol. The van der Waals surface area contributed by atoms with Gasteiger partial charge in [0.15, 0.2) is 5.78 Å². The molecule has 0 unspecified atom stereocenters. The van der Waals surface area contributed by atoms with Crippen molar-refractivity contribution in [3.8, 4) is 23.0 Å². The first-order chi connectivity index (χ1) is 17.0. The molecule has 4 aromatic carbocycles. The Morgan fingerprint density at radius 2 is 1.60 bits per heavy atom. The van der Waals surface area contributed by atoms with Crippen LogP contribution in [0.5, 0.6) is 23.0 Å². The van der Waals surface area contributed by atoms with E-state index >= 15 is 0 Å². The number of ether oxygens (including phenoxy) is 2. The van der Waals surface area contributed by atoms with Crippen LogP contribution in [-0.4, -0.2) is 23.1 Å². The van der Waals surface area contributed by atoms with Crippen molar-refractivity contribution in [3.05, 3.63) is 125 Å². The Kier molecular flexibility index (Phi) is 7.48. The Labute approximate surface area is 204 Å². The van der Waals surface area contributed by atoms with Crippen molar-refractivity contribution in [2.45, 2.75) is 13.0 Å². The maximum absolute atomic E-state index is 12.5. The summed E-state index contributed by atoms with van der Waals surface area (Å²) in [5.74, 6) is 0.749. The molecule has 0 spiro atoms. The van der Waals surface area contributed by atoms with Gasteiger partial charge >= 0.3 is 0 Å². The summed E-state index contributed by atoms with van der Waals surface area (Å²) in [4.78, 5) is 12.5. The summed E-state index contributed by atoms with van der Waals surface area (Å²) in [5.41, 5.74) is 4.04. The highest BCUT2D eigenvalue weighted by atomic mass is 16.5. The molecule has 0 aliphatic carbocycles. The van der Waals surface area contributed by atoms with Crippen molar-refractivity contribution < 1.29 is 24.5 Å². The van der Waals surface area contributed by atoms with Crippen LogP contribution in [0.3, 0.4) is 0 Å². The number of hydrogen-bond donors (Lipinski definition) is 2. The molecule has 0 saturated carbocycles.